The van der Waals surface area contributed by atoms with Crippen molar-refractivity contribution in [3.8, 4) is 0 Å². The van der Waals surface area contributed by atoms with E-state index >= 15 is 0 Å². The Morgan fingerprint density at radius 3 is 0.583 bits per heavy atom. The zero-order chi connectivity index (χ0) is 92.5. The Morgan fingerprint density at radius 2 is 0.394 bits per heavy atom. The maximum absolute atomic E-state index is 11.0. The van der Waals surface area contributed by atoms with Gasteiger partial charge >= 0.3 is 0 Å². The average Bonchev–Trinajstić information content (AvgIpc) is 0.840. The second kappa shape index (κ2) is 102. The monoisotopic (exact) mass is 1940 g/mol. The average molecular weight is 1940 g/mol. The van der Waals surface area contributed by atoms with Crippen molar-refractivity contribution >= 4 is 46.2 Å². The summed E-state index contributed by atoms with van der Waals surface area (Å²) in [5.74, 6) is 2.14. The number of hydrogen-bond acceptors (Lipinski definition) is 38. The molecule has 127 heavy (non-hydrogen) atoms. The highest BCUT2D eigenvalue weighted by Crippen LogP contribution is 2.31. The van der Waals surface area contributed by atoms with Gasteiger partial charge in [0, 0.05) is 14.7 Å². The summed E-state index contributed by atoms with van der Waals surface area (Å²) in [6.07, 6.45) is 1.47. The Bertz CT molecular complexity index is 2110. The normalized spacial score (nSPS) is 14.6. The molecule has 0 saturated carbocycles. The second-order valence-corrected chi connectivity index (χ2v) is 46.0. The van der Waals surface area contributed by atoms with Crippen LogP contribution in [0.1, 0.15) is 54.4 Å². The third kappa shape index (κ3) is 104. The van der Waals surface area contributed by atoms with Crippen LogP contribution in [0, 0.1) is 0 Å². The molecule has 0 heterocycles. The Kier molecular flexibility index (Phi) is 101. The highest BCUT2D eigenvalue weighted by molar-refractivity contribution is 7.99. The lowest BCUT2D eigenvalue weighted by atomic mass is 10.3. The first-order valence-electron chi connectivity index (χ1n) is 46.2. The number of thioether (sulfide) groups is 1. The van der Waals surface area contributed by atoms with Crippen LogP contribution in [-0.2, 0) is 156 Å². The minimum absolute atomic E-state index is 0.0141. The Balaban J connectivity index is 3.22. The molecule has 4 N–H and O–H groups in total. The molecule has 0 aliphatic rings. The first-order chi connectivity index (χ1) is 62.0. The lowest BCUT2D eigenvalue weighted by molar-refractivity contribution is -0.104. The molecule has 0 spiro atoms. The minimum Gasteiger partial charge on any atom is -0.432 e. The van der Waals surface area contributed by atoms with Gasteiger partial charge in [0.25, 0.3) is 0 Å². The van der Waals surface area contributed by atoms with Gasteiger partial charge in [-0.05, 0) is 103 Å². The van der Waals surface area contributed by atoms with Gasteiger partial charge in [0.1, 0.15) is 0 Å². The molecule has 0 aromatic heterocycles. The molecular formula is C85H178O37SSi4. The van der Waals surface area contributed by atoms with Gasteiger partial charge in [-0.1, -0.05) is 12.6 Å². The first kappa shape index (κ1) is 127. The highest BCUT2D eigenvalue weighted by Gasteiger charge is 2.39. The van der Waals surface area contributed by atoms with Gasteiger partial charge < -0.3 is 176 Å². The van der Waals surface area contributed by atoms with Crippen molar-refractivity contribution in [2.45, 2.75) is 140 Å². The molecule has 0 fully saturated rings. The SMILES string of the molecule is CC(CO)OCC(C)OCC(C)OCC(C)OCC(C)OCC(C)OCCOCCOCCOCCOCCOCCOCCOCCOCCOCCOCCOCCOCCOCCOCCOCCOCCOCCOCCOCCOCCOCCOCCOCCOCCOCCOCCOCCCSCCC[Si](C)(C[Si](C)O)C[Si](C)(O)C[Si](C)O. The van der Waals surface area contributed by atoms with Crippen LogP contribution in [0.25, 0.3) is 0 Å². The van der Waals surface area contributed by atoms with E-state index in [-0.39, 0.29) is 43.2 Å². The summed E-state index contributed by atoms with van der Waals surface area (Å²) in [6, 6.07) is 1.13. The third-order valence-corrected chi connectivity index (χ3v) is 37.1. The Hall–Kier alpha value is -0.262. The fraction of sp³-hybridized carbons (Fsp3) is 1.00. The summed E-state index contributed by atoms with van der Waals surface area (Å²) in [7, 11) is -6.93. The fourth-order valence-electron chi connectivity index (χ4n) is 11.3. The van der Waals surface area contributed by atoms with Crippen molar-refractivity contribution in [3.63, 3.8) is 0 Å². The van der Waals surface area contributed by atoms with Crippen molar-refractivity contribution < 1.29 is 176 Å². The molecule has 0 bridgehead atoms. The molecular weight excluding hydrogens is 1760 g/mol. The largest absolute Gasteiger partial charge is 0.432 e. The summed E-state index contributed by atoms with van der Waals surface area (Å²) in [4.78, 5) is 31.2. The maximum atomic E-state index is 11.0. The molecule has 8 unspecified atom stereocenters. The summed E-state index contributed by atoms with van der Waals surface area (Å²) >= 11 is 1.95. The van der Waals surface area contributed by atoms with E-state index in [1.165, 1.54) is 0 Å². The molecule has 0 aliphatic heterocycles. The van der Waals surface area contributed by atoms with Crippen LogP contribution >= 0.6 is 11.8 Å². The van der Waals surface area contributed by atoms with Crippen LogP contribution in [0.4, 0.5) is 0 Å². The molecule has 762 valence electrons. The number of ether oxygens (including phenoxy) is 33. The van der Waals surface area contributed by atoms with Crippen molar-refractivity contribution in [2.75, 3.05) is 415 Å². The standard InChI is InChI=1S/C85H178O37SSi4/c1-80(71-86)118-73-82(3)120-75-84(5)122-76-85(6)121-74-83(4)119-72-81(2)117-67-66-116-65-64-115-63-62-114-61-60-113-59-58-112-57-56-111-55-54-110-53-52-109-51-50-108-49-48-107-47-46-106-45-44-105-43-42-104-41-40-103-39-38-102-37-36-101-35-34-100-33-32-99-31-30-98-29-28-97-27-26-96-25-24-95-23-22-94-21-20-93-19-18-92-17-16-91-15-14-90-13-11-68-123-69-12-70-126(9,77-124(7)87)79-127(10,89)78-125(8)88/h80-89H,11-79H2,1-10H3. The predicted molar refractivity (Wildman–Crippen MR) is 491 cm³/mol. The van der Waals surface area contributed by atoms with Crippen LogP contribution in [0.2, 0.25) is 49.2 Å². The quantitative estimate of drug-likeness (QED) is 0.0466. The van der Waals surface area contributed by atoms with Crippen molar-refractivity contribution in [1.82, 2.24) is 0 Å². The maximum Gasteiger partial charge on any atom is 0.203 e. The van der Waals surface area contributed by atoms with E-state index in [2.05, 4.69) is 6.55 Å². The Morgan fingerprint density at radius 1 is 0.228 bits per heavy atom. The molecule has 0 saturated heterocycles. The number of aliphatic hydroxyl groups excluding tert-OH is 1. The minimum atomic E-state index is -2.42. The third-order valence-electron chi connectivity index (χ3n) is 17.4. The smallest absolute Gasteiger partial charge is 0.203 e. The molecule has 0 amide bonds. The van der Waals surface area contributed by atoms with Crippen LogP contribution in [-0.4, -0.2) is 505 Å². The van der Waals surface area contributed by atoms with Gasteiger partial charge in [0.05, 0.1) is 433 Å². The van der Waals surface area contributed by atoms with Gasteiger partial charge in [-0.2, -0.15) is 11.8 Å². The zero-order valence-electron chi connectivity index (χ0n) is 79.9. The molecule has 2 radical (unpaired) electrons. The fourth-order valence-corrected chi connectivity index (χ4v) is 34.8. The summed E-state index contributed by atoms with van der Waals surface area (Å²) in [5.41, 5.74) is 2.41. The van der Waals surface area contributed by atoms with Crippen LogP contribution < -0.4 is 0 Å². The highest BCUT2D eigenvalue weighted by atomic mass is 32.2. The van der Waals surface area contributed by atoms with Crippen molar-refractivity contribution in [2.24, 2.45) is 0 Å². The topological polar surface area (TPSA) is 386 Å². The lowest BCUT2D eigenvalue weighted by Gasteiger charge is -2.34. The lowest BCUT2D eigenvalue weighted by Crippen LogP contribution is -2.47. The van der Waals surface area contributed by atoms with E-state index in [1.807, 2.05) is 72.9 Å². The van der Waals surface area contributed by atoms with Gasteiger partial charge in [0.2, 0.25) is 18.1 Å². The van der Waals surface area contributed by atoms with Gasteiger partial charge in [-0.3, -0.25) is 0 Å². The predicted octanol–water partition coefficient (Wildman–Crippen LogP) is 4.86. The first-order valence-corrected chi connectivity index (χ1v) is 57.6. The summed E-state index contributed by atoms with van der Waals surface area (Å²) < 4.78 is 185. The number of aliphatic hydroxyl groups is 1. The molecule has 37 nitrogen and oxygen atoms in total. The van der Waals surface area contributed by atoms with Crippen LogP contribution in [0.5, 0.6) is 0 Å². The van der Waals surface area contributed by atoms with E-state index < -0.39 is 34.5 Å². The van der Waals surface area contributed by atoms with Crippen LogP contribution in [0.15, 0.2) is 0 Å². The summed E-state index contributed by atoms with van der Waals surface area (Å²) in [5, 5.41) is 9.08. The molecule has 8 atom stereocenters. The molecule has 42 heteroatoms. The molecule has 0 aromatic rings. The van der Waals surface area contributed by atoms with Gasteiger partial charge in [-0.15, -0.1) is 0 Å². The van der Waals surface area contributed by atoms with Crippen LogP contribution in [0.3, 0.4) is 0 Å². The molecule has 0 rings (SSSR count). The Labute approximate surface area is 773 Å². The van der Waals surface area contributed by atoms with Gasteiger partial charge in [0.15, 0.2) is 8.32 Å². The van der Waals surface area contributed by atoms with E-state index in [0.29, 0.717) is 402 Å². The summed E-state index contributed by atoms with van der Waals surface area (Å²) in [6.45, 7) is 48.6. The van der Waals surface area contributed by atoms with Crippen molar-refractivity contribution in [1.29, 1.82) is 0 Å². The van der Waals surface area contributed by atoms with E-state index in [0.717, 1.165) is 41.7 Å². The zero-order valence-corrected chi connectivity index (χ0v) is 84.7. The van der Waals surface area contributed by atoms with E-state index in [9.17, 15) is 14.4 Å². The number of rotatable bonds is 112. The van der Waals surface area contributed by atoms with E-state index in [4.69, 9.17) is 161 Å². The molecule has 0 aromatic carbocycles. The molecule has 0 aliphatic carbocycles. The number of hydrogen-bond donors (Lipinski definition) is 4. The van der Waals surface area contributed by atoms with E-state index in [1.54, 1.807) is 0 Å². The van der Waals surface area contributed by atoms with Gasteiger partial charge in [-0.25, -0.2) is 0 Å². The second-order valence-electron chi connectivity index (χ2n) is 30.5. The van der Waals surface area contributed by atoms with Crippen molar-refractivity contribution in [3.05, 3.63) is 0 Å².